The second kappa shape index (κ2) is 7.29. The summed E-state index contributed by atoms with van der Waals surface area (Å²) in [5, 5.41) is 6.17. The van der Waals surface area contributed by atoms with Crippen molar-refractivity contribution in [3.05, 3.63) is 72.3 Å². The third-order valence-corrected chi connectivity index (χ3v) is 2.84. The lowest BCUT2D eigenvalue weighted by molar-refractivity contribution is -0.116. The summed E-state index contributed by atoms with van der Waals surface area (Å²) < 4.78 is 0. The van der Waals surface area contributed by atoms with Crippen LogP contribution in [0.5, 0.6) is 0 Å². The second-order valence-corrected chi connectivity index (χ2v) is 5.08. The van der Waals surface area contributed by atoms with Crippen molar-refractivity contribution in [2.24, 2.45) is 0 Å². The Bertz CT molecular complexity index is 604. The van der Waals surface area contributed by atoms with Gasteiger partial charge in [0.15, 0.2) is 0 Å². The Labute approximate surface area is 125 Å². The highest BCUT2D eigenvalue weighted by molar-refractivity contribution is 5.97. The van der Waals surface area contributed by atoms with Gasteiger partial charge in [-0.25, -0.2) is 0 Å². The third kappa shape index (κ3) is 4.80. The van der Waals surface area contributed by atoms with Gasteiger partial charge < -0.3 is 10.6 Å². The van der Waals surface area contributed by atoms with E-state index in [-0.39, 0.29) is 11.9 Å². The largest absolute Gasteiger partial charge is 0.355 e. The summed E-state index contributed by atoms with van der Waals surface area (Å²) in [5.41, 5.74) is 2.70. The molecule has 0 unspecified atom stereocenters. The molecule has 0 atom stereocenters. The Balaban J connectivity index is 2.27. The first-order chi connectivity index (χ1) is 10.1. The fraction of sp³-hybridized carbons (Fsp3) is 0.167. The van der Waals surface area contributed by atoms with Crippen molar-refractivity contribution in [3.8, 4) is 0 Å². The predicted octanol–water partition coefficient (Wildman–Crippen LogP) is 3.66. The fourth-order valence-corrected chi connectivity index (χ4v) is 1.94. The van der Waals surface area contributed by atoms with Gasteiger partial charge in [-0.2, -0.15) is 0 Å². The van der Waals surface area contributed by atoms with Gasteiger partial charge in [-0.05, 0) is 31.5 Å². The maximum atomic E-state index is 12.0. The minimum atomic E-state index is -0.104. The SMILES string of the molecule is CC(C)NC(=O)/C=C(\Nc1ccccc1)c1ccccc1. The lowest BCUT2D eigenvalue weighted by atomic mass is 10.1. The van der Waals surface area contributed by atoms with E-state index in [1.54, 1.807) is 6.08 Å². The Morgan fingerprint density at radius 1 is 0.952 bits per heavy atom. The molecule has 1 amide bonds. The predicted molar refractivity (Wildman–Crippen MR) is 87.8 cm³/mol. The number of amides is 1. The minimum absolute atomic E-state index is 0.104. The third-order valence-electron chi connectivity index (χ3n) is 2.84. The van der Waals surface area contributed by atoms with Crippen molar-refractivity contribution >= 4 is 17.3 Å². The van der Waals surface area contributed by atoms with Crippen LogP contribution in [-0.2, 0) is 4.79 Å². The van der Waals surface area contributed by atoms with E-state index in [9.17, 15) is 4.79 Å². The molecule has 0 spiro atoms. The van der Waals surface area contributed by atoms with Crippen molar-refractivity contribution in [2.75, 3.05) is 5.32 Å². The van der Waals surface area contributed by atoms with Crippen LogP contribution in [0.4, 0.5) is 5.69 Å². The van der Waals surface area contributed by atoms with E-state index < -0.39 is 0 Å². The van der Waals surface area contributed by atoms with Gasteiger partial charge in [0, 0.05) is 17.8 Å². The van der Waals surface area contributed by atoms with Crippen LogP contribution in [0.15, 0.2) is 66.7 Å². The van der Waals surface area contributed by atoms with Gasteiger partial charge >= 0.3 is 0 Å². The van der Waals surface area contributed by atoms with Gasteiger partial charge in [0.1, 0.15) is 0 Å². The van der Waals surface area contributed by atoms with Crippen LogP contribution in [0, 0.1) is 0 Å². The molecule has 2 rings (SSSR count). The summed E-state index contributed by atoms with van der Waals surface area (Å²) in [4.78, 5) is 12.0. The summed E-state index contributed by atoms with van der Waals surface area (Å²) in [7, 11) is 0. The molecule has 2 aromatic rings. The number of nitrogens with one attached hydrogen (secondary N) is 2. The molecule has 2 aromatic carbocycles. The van der Waals surface area contributed by atoms with Gasteiger partial charge in [0.25, 0.3) is 0 Å². The van der Waals surface area contributed by atoms with Crippen molar-refractivity contribution < 1.29 is 4.79 Å². The number of hydrogen-bond donors (Lipinski definition) is 2. The van der Waals surface area contributed by atoms with E-state index >= 15 is 0 Å². The van der Waals surface area contributed by atoms with E-state index in [1.807, 2.05) is 74.5 Å². The summed E-state index contributed by atoms with van der Waals surface area (Å²) in [6, 6.07) is 19.7. The van der Waals surface area contributed by atoms with Gasteiger partial charge in [0.05, 0.1) is 5.70 Å². The quantitative estimate of drug-likeness (QED) is 0.821. The number of rotatable bonds is 5. The Kier molecular flexibility index (Phi) is 5.16. The van der Waals surface area contributed by atoms with Crippen molar-refractivity contribution in [2.45, 2.75) is 19.9 Å². The Hall–Kier alpha value is -2.55. The van der Waals surface area contributed by atoms with E-state index in [4.69, 9.17) is 0 Å². The fourth-order valence-electron chi connectivity index (χ4n) is 1.94. The topological polar surface area (TPSA) is 41.1 Å². The molecule has 0 saturated heterocycles. The molecule has 0 heterocycles. The molecule has 3 heteroatoms. The molecule has 2 N–H and O–H groups in total. The molecule has 0 radical (unpaired) electrons. The Morgan fingerprint density at radius 3 is 2.10 bits per heavy atom. The van der Waals surface area contributed by atoms with E-state index in [1.165, 1.54) is 0 Å². The second-order valence-electron chi connectivity index (χ2n) is 5.08. The molecule has 0 aliphatic heterocycles. The molecule has 0 aromatic heterocycles. The van der Waals surface area contributed by atoms with Crippen LogP contribution < -0.4 is 10.6 Å². The van der Waals surface area contributed by atoms with E-state index in [2.05, 4.69) is 10.6 Å². The van der Waals surface area contributed by atoms with Crippen molar-refractivity contribution in [1.29, 1.82) is 0 Å². The molecule has 3 nitrogen and oxygen atoms in total. The Morgan fingerprint density at radius 2 is 1.52 bits per heavy atom. The number of carbonyl (C=O) groups is 1. The molecular weight excluding hydrogens is 260 g/mol. The normalized spacial score (nSPS) is 11.3. The average molecular weight is 280 g/mol. The van der Waals surface area contributed by atoms with E-state index in [0.29, 0.717) is 0 Å². The maximum absolute atomic E-state index is 12.0. The first-order valence-electron chi connectivity index (χ1n) is 7.05. The number of carbonyl (C=O) groups excluding carboxylic acids is 1. The average Bonchev–Trinajstić information content (AvgIpc) is 2.48. The van der Waals surface area contributed by atoms with Crippen LogP contribution in [-0.4, -0.2) is 11.9 Å². The van der Waals surface area contributed by atoms with Gasteiger partial charge in [0.2, 0.25) is 5.91 Å². The lowest BCUT2D eigenvalue weighted by Gasteiger charge is -2.12. The molecule has 0 fully saturated rings. The molecule has 0 bridgehead atoms. The molecular formula is C18H20N2O. The molecule has 108 valence electrons. The molecule has 0 aliphatic carbocycles. The van der Waals surface area contributed by atoms with Crippen LogP contribution >= 0.6 is 0 Å². The van der Waals surface area contributed by atoms with Crippen LogP contribution in [0.25, 0.3) is 5.70 Å². The minimum Gasteiger partial charge on any atom is -0.355 e. The number of para-hydroxylation sites is 1. The zero-order chi connectivity index (χ0) is 15.1. The van der Waals surface area contributed by atoms with Gasteiger partial charge in [-0.15, -0.1) is 0 Å². The smallest absolute Gasteiger partial charge is 0.246 e. The number of benzene rings is 2. The first kappa shape index (κ1) is 14.9. The first-order valence-corrected chi connectivity index (χ1v) is 7.05. The zero-order valence-corrected chi connectivity index (χ0v) is 12.3. The maximum Gasteiger partial charge on any atom is 0.246 e. The van der Waals surface area contributed by atoms with Crippen molar-refractivity contribution in [3.63, 3.8) is 0 Å². The zero-order valence-electron chi connectivity index (χ0n) is 12.3. The summed E-state index contributed by atoms with van der Waals surface area (Å²) in [6.45, 7) is 3.89. The number of hydrogen-bond acceptors (Lipinski definition) is 2. The van der Waals surface area contributed by atoms with E-state index in [0.717, 1.165) is 16.9 Å². The van der Waals surface area contributed by atoms with Crippen LogP contribution in [0.1, 0.15) is 19.4 Å². The van der Waals surface area contributed by atoms with Gasteiger partial charge in [-0.1, -0.05) is 48.5 Å². The van der Waals surface area contributed by atoms with Crippen LogP contribution in [0.2, 0.25) is 0 Å². The highest BCUT2D eigenvalue weighted by Crippen LogP contribution is 2.18. The summed E-state index contributed by atoms with van der Waals surface area (Å²) in [6.07, 6.45) is 1.60. The molecule has 0 aliphatic rings. The summed E-state index contributed by atoms with van der Waals surface area (Å²) >= 11 is 0. The highest BCUT2D eigenvalue weighted by Gasteiger charge is 2.06. The van der Waals surface area contributed by atoms with Crippen LogP contribution in [0.3, 0.4) is 0 Å². The standard InChI is InChI=1S/C18H20N2O/c1-14(2)19-18(21)13-17(15-9-5-3-6-10-15)20-16-11-7-4-8-12-16/h3-14,20H,1-2H3,(H,19,21)/b17-13-. The summed E-state index contributed by atoms with van der Waals surface area (Å²) in [5.74, 6) is -0.104. The molecule has 21 heavy (non-hydrogen) atoms. The monoisotopic (exact) mass is 280 g/mol. The molecule has 0 saturated carbocycles. The van der Waals surface area contributed by atoms with Crippen molar-refractivity contribution in [1.82, 2.24) is 5.32 Å². The van der Waals surface area contributed by atoms with Gasteiger partial charge in [-0.3, -0.25) is 4.79 Å². The number of anilines is 1. The lowest BCUT2D eigenvalue weighted by Crippen LogP contribution is -2.28. The highest BCUT2D eigenvalue weighted by atomic mass is 16.1.